The van der Waals surface area contributed by atoms with E-state index in [0.29, 0.717) is 17.3 Å². The fourth-order valence-corrected chi connectivity index (χ4v) is 4.53. The van der Waals surface area contributed by atoms with Crippen LogP contribution in [0.2, 0.25) is 10.0 Å². The van der Waals surface area contributed by atoms with Crippen molar-refractivity contribution in [3.05, 3.63) is 94.0 Å². The van der Waals surface area contributed by atoms with Crippen LogP contribution in [0.4, 0.5) is 18.9 Å². The Kier molecular flexibility index (Phi) is 7.25. The molecule has 6 nitrogen and oxygen atoms in total. The Bertz CT molecular complexity index is 1410. The minimum Gasteiger partial charge on any atom is -0.365 e. The molecule has 12 heteroatoms. The third-order valence-corrected chi connectivity index (χ3v) is 6.54. The zero-order valence-electron chi connectivity index (χ0n) is 17.4. The van der Waals surface area contributed by atoms with Crippen LogP contribution in [-0.2, 0) is 16.2 Å². The number of nitrogens with zero attached hydrogens (tertiary/aromatic N) is 1. The van der Waals surface area contributed by atoms with Gasteiger partial charge in [-0.3, -0.25) is 9.52 Å². The third kappa shape index (κ3) is 5.35. The number of allylic oxidation sites excluding steroid dienone is 3. The topological polar surface area (TPSA) is 91.9 Å². The maximum Gasteiger partial charge on any atom is 0.417 e. The van der Waals surface area contributed by atoms with Gasteiger partial charge in [0.05, 0.1) is 26.2 Å². The van der Waals surface area contributed by atoms with Crippen molar-refractivity contribution in [3.63, 3.8) is 0 Å². The van der Waals surface area contributed by atoms with E-state index in [1.165, 1.54) is 12.2 Å². The number of ketones is 1. The van der Waals surface area contributed by atoms with Crippen LogP contribution in [0.5, 0.6) is 0 Å². The molecule has 2 N–H and O–H groups in total. The lowest BCUT2D eigenvalue weighted by Crippen LogP contribution is -2.18. The molecule has 178 valence electrons. The number of alkyl halides is 3. The molecular formula is C22H16Cl2F3N3O3S. The Labute approximate surface area is 203 Å². The van der Waals surface area contributed by atoms with Crippen LogP contribution >= 0.6 is 23.2 Å². The lowest BCUT2D eigenvalue weighted by atomic mass is 9.98. The molecule has 2 heterocycles. The number of aromatic amines is 1. The molecular weight excluding hydrogens is 514 g/mol. The predicted molar refractivity (Wildman–Crippen MR) is 125 cm³/mol. The Morgan fingerprint density at radius 3 is 2.50 bits per heavy atom. The highest BCUT2D eigenvalue weighted by Gasteiger charge is 2.35. The second kappa shape index (κ2) is 9.65. The number of hydrogen-bond donors (Lipinski definition) is 2. The maximum absolute atomic E-state index is 13.3. The smallest absolute Gasteiger partial charge is 0.365 e. The Morgan fingerprint density at radius 2 is 1.91 bits per heavy atom. The van der Waals surface area contributed by atoms with Crippen LogP contribution in [-0.4, -0.2) is 24.2 Å². The van der Waals surface area contributed by atoms with Crippen molar-refractivity contribution in [1.29, 1.82) is 0 Å². The monoisotopic (exact) mass is 529 g/mol. The fraction of sp³-hybridized carbons (Fsp3) is 0.0909. The minimum atomic E-state index is -4.87. The average Bonchev–Trinajstić information content (AvgIpc) is 3.16. The number of sulfonamides is 1. The number of pyridine rings is 1. The van der Waals surface area contributed by atoms with E-state index < -0.39 is 37.5 Å². The SMILES string of the molecule is C=C/C=C(/C(=O)c1ncc(Cl)cc1NS(=O)(=O)c1ccc(Cl)c(C(F)(F)F)c1)c1cc[nH]c1C. The molecule has 0 aliphatic heterocycles. The summed E-state index contributed by atoms with van der Waals surface area (Å²) in [7, 11) is -4.59. The van der Waals surface area contributed by atoms with Gasteiger partial charge in [0.25, 0.3) is 10.0 Å². The molecule has 3 aromatic rings. The molecule has 0 amide bonds. The van der Waals surface area contributed by atoms with E-state index in [-0.39, 0.29) is 22.0 Å². The molecule has 1 aromatic carbocycles. The van der Waals surface area contributed by atoms with Gasteiger partial charge in [-0.2, -0.15) is 13.2 Å². The van der Waals surface area contributed by atoms with Crippen molar-refractivity contribution in [3.8, 4) is 0 Å². The van der Waals surface area contributed by atoms with E-state index in [1.54, 1.807) is 19.2 Å². The lowest BCUT2D eigenvalue weighted by Gasteiger charge is -2.15. The number of hydrogen-bond acceptors (Lipinski definition) is 4. The van der Waals surface area contributed by atoms with Crippen molar-refractivity contribution in [2.75, 3.05) is 4.72 Å². The van der Waals surface area contributed by atoms with Gasteiger partial charge in [-0.1, -0.05) is 41.9 Å². The zero-order valence-corrected chi connectivity index (χ0v) is 19.7. The number of carbonyl (C=O) groups is 1. The van der Waals surface area contributed by atoms with E-state index in [1.807, 2.05) is 0 Å². The first-order chi connectivity index (χ1) is 15.8. The van der Waals surface area contributed by atoms with Gasteiger partial charge in [-0.25, -0.2) is 13.4 Å². The first-order valence-corrected chi connectivity index (χ1v) is 11.7. The summed E-state index contributed by atoms with van der Waals surface area (Å²) in [6, 6.07) is 4.91. The summed E-state index contributed by atoms with van der Waals surface area (Å²) in [5, 5.41) is -0.666. The van der Waals surface area contributed by atoms with Crippen LogP contribution in [0.15, 0.2) is 66.4 Å². The second-order valence-electron chi connectivity index (χ2n) is 6.96. The average molecular weight is 530 g/mol. The molecule has 2 aromatic heterocycles. The summed E-state index contributed by atoms with van der Waals surface area (Å²) >= 11 is 11.5. The van der Waals surface area contributed by atoms with Crippen molar-refractivity contribution in [1.82, 2.24) is 9.97 Å². The molecule has 0 saturated carbocycles. The number of benzene rings is 1. The highest BCUT2D eigenvalue weighted by Crippen LogP contribution is 2.36. The number of H-pyrrole nitrogens is 1. The standard InChI is InChI=1S/C22H16Cl2F3N3O3S/c1-3-4-16(15-7-8-28-12(15)2)21(31)20-19(9-13(23)11-29-20)30-34(32,33)14-5-6-18(24)17(10-14)22(25,26)27/h3-11,28,30H,1H2,2H3/b16-4+. The van der Waals surface area contributed by atoms with Crippen LogP contribution in [0, 0.1) is 6.92 Å². The van der Waals surface area contributed by atoms with Crippen LogP contribution in [0.3, 0.4) is 0 Å². The number of anilines is 1. The summed E-state index contributed by atoms with van der Waals surface area (Å²) < 4.78 is 67.6. The maximum atomic E-state index is 13.3. The largest absolute Gasteiger partial charge is 0.417 e. The minimum absolute atomic E-state index is 0.00610. The first-order valence-electron chi connectivity index (χ1n) is 9.42. The molecule has 3 rings (SSSR count). The quantitative estimate of drug-likeness (QED) is 0.213. The Balaban J connectivity index is 2.08. The van der Waals surface area contributed by atoms with Crippen molar-refractivity contribution in [2.45, 2.75) is 18.0 Å². The van der Waals surface area contributed by atoms with E-state index in [2.05, 4.69) is 21.3 Å². The highest BCUT2D eigenvalue weighted by atomic mass is 35.5. The summed E-state index contributed by atoms with van der Waals surface area (Å²) in [5.74, 6) is -0.663. The Hall–Kier alpha value is -3.08. The Morgan fingerprint density at radius 1 is 1.21 bits per heavy atom. The molecule has 34 heavy (non-hydrogen) atoms. The van der Waals surface area contributed by atoms with Crippen molar-refractivity contribution < 1.29 is 26.4 Å². The van der Waals surface area contributed by atoms with Crippen LogP contribution in [0.25, 0.3) is 5.57 Å². The van der Waals surface area contributed by atoms with E-state index in [9.17, 15) is 26.4 Å². The van der Waals surface area contributed by atoms with Gasteiger partial charge in [0.2, 0.25) is 5.78 Å². The van der Waals surface area contributed by atoms with E-state index >= 15 is 0 Å². The molecule has 0 saturated heterocycles. The number of Topliss-reactive ketones (excluding diaryl/α,β-unsaturated/α-hetero) is 1. The zero-order chi connectivity index (χ0) is 25.3. The van der Waals surface area contributed by atoms with Gasteiger partial charge >= 0.3 is 6.18 Å². The van der Waals surface area contributed by atoms with Gasteiger partial charge in [0.1, 0.15) is 5.69 Å². The lowest BCUT2D eigenvalue weighted by molar-refractivity contribution is -0.137. The van der Waals surface area contributed by atoms with Gasteiger partial charge in [0.15, 0.2) is 0 Å². The number of rotatable bonds is 7. The number of nitrogens with one attached hydrogen (secondary N) is 2. The number of aryl methyl sites for hydroxylation is 1. The van der Waals surface area contributed by atoms with Crippen molar-refractivity contribution >= 4 is 50.3 Å². The first kappa shape index (κ1) is 25.5. The van der Waals surface area contributed by atoms with E-state index in [4.69, 9.17) is 23.2 Å². The summed E-state index contributed by atoms with van der Waals surface area (Å²) in [6.07, 6.45) is 0.701. The molecule has 0 bridgehead atoms. The molecule has 0 unspecified atom stereocenters. The van der Waals surface area contributed by atoms with Crippen LogP contribution < -0.4 is 4.72 Å². The summed E-state index contributed by atoms with van der Waals surface area (Å²) in [4.78, 5) is 19.5. The summed E-state index contributed by atoms with van der Waals surface area (Å²) in [5.41, 5.74) is -0.594. The molecule has 0 aliphatic carbocycles. The molecule has 0 fully saturated rings. The number of aromatic nitrogens is 2. The number of halogens is 5. The summed E-state index contributed by atoms with van der Waals surface area (Å²) in [6.45, 7) is 5.33. The molecule has 0 atom stereocenters. The van der Waals surface area contributed by atoms with Gasteiger partial charge in [0, 0.05) is 29.2 Å². The van der Waals surface area contributed by atoms with Gasteiger partial charge in [-0.15, -0.1) is 0 Å². The molecule has 0 aliphatic rings. The number of carbonyl (C=O) groups excluding carboxylic acids is 1. The predicted octanol–water partition coefficient (Wildman–Crippen LogP) is 6.30. The molecule has 0 radical (unpaired) electrons. The van der Waals surface area contributed by atoms with E-state index in [0.717, 1.165) is 24.4 Å². The normalized spacial score (nSPS) is 12.5. The van der Waals surface area contributed by atoms with Crippen LogP contribution in [0.1, 0.15) is 27.3 Å². The third-order valence-electron chi connectivity index (χ3n) is 4.64. The molecule has 0 spiro atoms. The highest BCUT2D eigenvalue weighted by molar-refractivity contribution is 7.92. The van der Waals surface area contributed by atoms with Crippen molar-refractivity contribution in [2.24, 2.45) is 0 Å². The fourth-order valence-electron chi connectivity index (χ4n) is 3.07. The van der Waals surface area contributed by atoms with Gasteiger partial charge < -0.3 is 4.98 Å². The second-order valence-corrected chi connectivity index (χ2v) is 9.48. The van der Waals surface area contributed by atoms with Gasteiger partial charge in [-0.05, 0) is 37.3 Å².